The molecule has 0 atom stereocenters. The zero-order valence-electron chi connectivity index (χ0n) is 16.1. The van der Waals surface area contributed by atoms with Gasteiger partial charge in [0.05, 0.1) is 6.04 Å². The number of alkyl halides is 3. The first-order valence-corrected chi connectivity index (χ1v) is 9.14. The number of pyridine rings is 1. The molecule has 0 saturated heterocycles. The van der Waals surface area contributed by atoms with Crippen molar-refractivity contribution in [3.05, 3.63) is 92.4 Å². The molecular weight excluding hydrogens is 397 g/mol. The van der Waals surface area contributed by atoms with E-state index in [9.17, 15) is 22.8 Å². The van der Waals surface area contributed by atoms with Crippen LogP contribution in [0.2, 0.25) is 0 Å². The number of ether oxygens (including phenoxy) is 1. The molecule has 8 heteroatoms. The summed E-state index contributed by atoms with van der Waals surface area (Å²) in [4.78, 5) is 26.7. The van der Waals surface area contributed by atoms with Crippen LogP contribution in [0.3, 0.4) is 0 Å². The molecule has 30 heavy (non-hydrogen) atoms. The number of carbonyl (C=O) groups is 1. The molecule has 0 bridgehead atoms. The van der Waals surface area contributed by atoms with Gasteiger partial charge in [0.15, 0.2) is 0 Å². The van der Waals surface area contributed by atoms with E-state index in [0.717, 1.165) is 17.2 Å². The van der Waals surface area contributed by atoms with Gasteiger partial charge in [-0.1, -0.05) is 23.3 Å². The number of halogens is 3. The van der Waals surface area contributed by atoms with E-state index in [0.29, 0.717) is 28.7 Å². The van der Waals surface area contributed by atoms with Gasteiger partial charge in [-0.05, 0) is 50.2 Å². The minimum atomic E-state index is -4.71. The molecule has 2 N–H and O–H groups in total. The number of benzene rings is 2. The lowest BCUT2D eigenvalue weighted by Gasteiger charge is -2.29. The van der Waals surface area contributed by atoms with Gasteiger partial charge >= 0.3 is 6.18 Å². The van der Waals surface area contributed by atoms with Gasteiger partial charge < -0.3 is 15.0 Å². The van der Waals surface area contributed by atoms with Crippen LogP contribution < -0.4 is 15.6 Å². The van der Waals surface area contributed by atoms with Crippen LogP contribution in [0.4, 0.5) is 13.2 Å². The molecule has 0 radical (unpaired) electrons. The van der Waals surface area contributed by atoms with Crippen LogP contribution in [-0.2, 0) is 6.18 Å². The fourth-order valence-corrected chi connectivity index (χ4v) is 3.44. The SMILES string of the molecule is Cc1ccc2c(c1)C(NC(=O)c1ccc(C(F)(F)F)[nH]c1=O)c1cc(C)ccc1O2. The first-order valence-electron chi connectivity index (χ1n) is 9.14. The maximum Gasteiger partial charge on any atom is 0.431 e. The maximum absolute atomic E-state index is 12.8. The van der Waals surface area contributed by atoms with Gasteiger partial charge in [0.2, 0.25) is 0 Å². The van der Waals surface area contributed by atoms with Crippen molar-refractivity contribution in [1.29, 1.82) is 0 Å². The molecule has 2 aromatic carbocycles. The number of hydrogen-bond donors (Lipinski definition) is 2. The number of amides is 1. The third-order valence-electron chi connectivity index (χ3n) is 4.91. The van der Waals surface area contributed by atoms with E-state index < -0.39 is 34.9 Å². The van der Waals surface area contributed by atoms with Gasteiger partial charge in [-0.3, -0.25) is 9.59 Å². The summed E-state index contributed by atoms with van der Waals surface area (Å²) in [5.41, 5.74) is 0.563. The Morgan fingerprint density at radius 3 is 2.03 bits per heavy atom. The summed E-state index contributed by atoms with van der Waals surface area (Å²) < 4.78 is 44.3. The Bertz CT molecular complexity index is 1160. The van der Waals surface area contributed by atoms with Crippen molar-refractivity contribution >= 4 is 5.91 Å². The average molecular weight is 414 g/mol. The summed E-state index contributed by atoms with van der Waals surface area (Å²) in [5, 5.41) is 2.78. The van der Waals surface area contributed by atoms with Crippen molar-refractivity contribution in [3.8, 4) is 11.5 Å². The molecular formula is C22H17F3N2O3. The van der Waals surface area contributed by atoms with Crippen molar-refractivity contribution in [2.24, 2.45) is 0 Å². The number of nitrogens with one attached hydrogen (secondary N) is 2. The fourth-order valence-electron chi connectivity index (χ4n) is 3.44. The van der Waals surface area contributed by atoms with Crippen molar-refractivity contribution < 1.29 is 22.7 Å². The molecule has 4 rings (SSSR count). The Morgan fingerprint density at radius 1 is 0.967 bits per heavy atom. The van der Waals surface area contributed by atoms with Crippen LogP contribution in [0, 0.1) is 13.8 Å². The van der Waals surface area contributed by atoms with E-state index in [4.69, 9.17) is 4.74 Å². The Labute approximate surface area is 169 Å². The molecule has 0 aliphatic carbocycles. The minimum Gasteiger partial charge on any atom is -0.457 e. The minimum absolute atomic E-state index is 0.405. The molecule has 5 nitrogen and oxygen atoms in total. The van der Waals surface area contributed by atoms with Gasteiger partial charge in [-0.15, -0.1) is 0 Å². The number of hydrogen-bond acceptors (Lipinski definition) is 3. The third-order valence-corrected chi connectivity index (χ3v) is 4.91. The smallest absolute Gasteiger partial charge is 0.431 e. The van der Waals surface area contributed by atoms with Crippen LogP contribution in [0.15, 0.2) is 53.3 Å². The predicted octanol–water partition coefficient (Wildman–Crippen LogP) is 4.64. The lowest BCUT2D eigenvalue weighted by molar-refractivity contribution is -0.141. The highest BCUT2D eigenvalue weighted by molar-refractivity contribution is 5.94. The van der Waals surface area contributed by atoms with Gasteiger partial charge in [-0.25, -0.2) is 0 Å². The Balaban J connectivity index is 1.74. The van der Waals surface area contributed by atoms with E-state index in [-0.39, 0.29) is 0 Å². The summed E-state index contributed by atoms with van der Waals surface area (Å²) in [6, 6.07) is 12.0. The molecule has 0 spiro atoms. The Morgan fingerprint density at radius 2 is 1.53 bits per heavy atom. The van der Waals surface area contributed by atoms with Crippen molar-refractivity contribution in [1.82, 2.24) is 10.3 Å². The summed E-state index contributed by atoms with van der Waals surface area (Å²) >= 11 is 0. The fraction of sp³-hybridized carbons (Fsp3) is 0.182. The summed E-state index contributed by atoms with van der Waals surface area (Å²) in [6.07, 6.45) is -4.71. The highest BCUT2D eigenvalue weighted by atomic mass is 19.4. The zero-order chi connectivity index (χ0) is 21.6. The number of fused-ring (bicyclic) bond motifs is 2. The summed E-state index contributed by atoms with van der Waals surface area (Å²) in [6.45, 7) is 3.79. The number of carbonyl (C=O) groups excluding carboxylic acids is 1. The maximum atomic E-state index is 12.8. The second kappa shape index (κ2) is 7.05. The van der Waals surface area contributed by atoms with Crippen molar-refractivity contribution in [2.45, 2.75) is 26.1 Å². The van der Waals surface area contributed by atoms with Crippen molar-refractivity contribution in [2.75, 3.05) is 0 Å². The normalized spacial score (nSPS) is 13.2. The van der Waals surface area contributed by atoms with Gasteiger partial charge in [0, 0.05) is 11.1 Å². The van der Waals surface area contributed by atoms with Crippen LogP contribution in [0.25, 0.3) is 0 Å². The van der Waals surface area contributed by atoms with Gasteiger partial charge in [0.25, 0.3) is 11.5 Å². The molecule has 1 aliphatic rings. The van der Waals surface area contributed by atoms with E-state index in [1.54, 1.807) is 17.1 Å². The highest BCUT2D eigenvalue weighted by Gasteiger charge is 2.33. The summed E-state index contributed by atoms with van der Waals surface area (Å²) in [5.74, 6) is 0.337. The van der Waals surface area contributed by atoms with Crippen LogP contribution in [0.5, 0.6) is 11.5 Å². The first-order chi connectivity index (χ1) is 14.1. The zero-order valence-corrected chi connectivity index (χ0v) is 16.1. The Kier molecular flexibility index (Phi) is 4.64. The van der Waals surface area contributed by atoms with Gasteiger partial charge in [-0.2, -0.15) is 13.2 Å². The molecule has 1 amide bonds. The molecule has 3 aromatic rings. The number of H-pyrrole nitrogens is 1. The number of rotatable bonds is 2. The van der Waals surface area contributed by atoms with Gasteiger partial charge in [0.1, 0.15) is 22.8 Å². The highest BCUT2D eigenvalue weighted by Crippen LogP contribution is 2.43. The first kappa shape index (κ1) is 19.8. The molecule has 1 aliphatic heterocycles. The van der Waals surface area contributed by atoms with E-state index in [1.165, 1.54) is 0 Å². The standard InChI is InChI=1S/C22H17F3N2O3/c1-11-3-6-16-14(9-11)19(15-10-12(2)4-7-17(15)30-16)27-21(29)13-5-8-18(22(23,24)25)26-20(13)28/h3-10,19H,1-2H3,(H,26,28)(H,27,29). The van der Waals surface area contributed by atoms with E-state index in [1.807, 2.05) is 38.1 Å². The largest absolute Gasteiger partial charge is 0.457 e. The van der Waals surface area contributed by atoms with Crippen molar-refractivity contribution in [3.63, 3.8) is 0 Å². The summed E-state index contributed by atoms with van der Waals surface area (Å²) in [7, 11) is 0. The van der Waals surface area contributed by atoms with E-state index in [2.05, 4.69) is 5.32 Å². The molecule has 154 valence electrons. The topological polar surface area (TPSA) is 71.2 Å². The quantitative estimate of drug-likeness (QED) is 0.642. The van der Waals surface area contributed by atoms with Crippen LogP contribution >= 0.6 is 0 Å². The lowest BCUT2D eigenvalue weighted by atomic mass is 9.92. The molecule has 1 aromatic heterocycles. The van der Waals surface area contributed by atoms with Crippen LogP contribution in [-0.4, -0.2) is 10.9 Å². The monoisotopic (exact) mass is 414 g/mol. The van der Waals surface area contributed by atoms with E-state index >= 15 is 0 Å². The third kappa shape index (κ3) is 3.56. The predicted molar refractivity (Wildman–Crippen MR) is 104 cm³/mol. The molecule has 0 fully saturated rings. The number of aryl methyl sites for hydroxylation is 2. The second-order valence-electron chi connectivity index (χ2n) is 7.20. The number of aromatic nitrogens is 1. The number of aromatic amines is 1. The lowest BCUT2D eigenvalue weighted by Crippen LogP contribution is -2.35. The Hall–Kier alpha value is -3.55. The molecule has 2 heterocycles. The van der Waals surface area contributed by atoms with Crippen LogP contribution in [0.1, 0.15) is 44.3 Å². The molecule has 0 saturated carbocycles. The average Bonchev–Trinajstić information content (AvgIpc) is 2.67. The second-order valence-corrected chi connectivity index (χ2v) is 7.20. The molecule has 0 unspecified atom stereocenters.